The van der Waals surface area contributed by atoms with Crippen molar-refractivity contribution in [2.24, 2.45) is 10.7 Å². The van der Waals surface area contributed by atoms with E-state index in [4.69, 9.17) is 10.5 Å². The number of halogens is 1. The van der Waals surface area contributed by atoms with E-state index in [2.05, 4.69) is 53.1 Å². The third-order valence-electron chi connectivity index (χ3n) is 4.99. The Bertz CT molecular complexity index is 827. The third-order valence-corrected chi connectivity index (χ3v) is 6.73. The molecule has 3 N–H and O–H groups in total. The number of hydrogen-bond acceptors (Lipinski definition) is 5. The molecule has 0 radical (unpaired) electrons. The Hall–Kier alpha value is -2.00. The predicted octanol–water partition coefficient (Wildman–Crippen LogP) is 5.52. The number of likely N-dealkylation sites (tertiary alicyclic amines) is 1. The predicted molar refractivity (Wildman–Crippen MR) is 153 cm³/mol. The van der Waals surface area contributed by atoms with E-state index < -0.39 is 0 Å². The van der Waals surface area contributed by atoms with E-state index in [0.717, 1.165) is 54.7 Å². The van der Waals surface area contributed by atoms with Gasteiger partial charge in [-0.2, -0.15) is 0 Å². The van der Waals surface area contributed by atoms with Crippen molar-refractivity contribution in [3.63, 3.8) is 0 Å². The average Bonchev–Trinajstić information content (AvgIpc) is 3.26. The number of allylic oxidation sites excluding steroid dienone is 2. The molecule has 0 aliphatic carbocycles. The summed E-state index contributed by atoms with van der Waals surface area (Å²) < 4.78 is 6.52. The van der Waals surface area contributed by atoms with Gasteiger partial charge in [0.1, 0.15) is 5.75 Å². The minimum Gasteiger partial charge on any atom is -0.496 e. The van der Waals surface area contributed by atoms with Crippen molar-refractivity contribution in [2.75, 3.05) is 32.5 Å². The van der Waals surface area contributed by atoms with Crippen molar-refractivity contribution in [3.05, 3.63) is 38.7 Å². The summed E-state index contributed by atoms with van der Waals surface area (Å²) in [6, 6.07) is 6.19. The normalized spacial score (nSPS) is 12.7. The van der Waals surface area contributed by atoms with Gasteiger partial charge >= 0.3 is 0 Å². The SMILES string of the molecule is CC.CCSC(CCc1cc(Br)ccc1OC)=C(C)C.NC(=NCCCN1CCCC1=O)NC=O. The first-order chi connectivity index (χ1) is 16.8. The molecule has 1 aromatic carbocycles. The number of carbonyl (C=O) groups is 2. The number of aryl methyl sites for hydroxylation is 1. The zero-order chi connectivity index (χ0) is 26.6. The average molecular weight is 572 g/mol. The highest BCUT2D eigenvalue weighted by Gasteiger charge is 2.18. The first-order valence-corrected chi connectivity index (χ1v) is 14.0. The van der Waals surface area contributed by atoms with E-state index in [1.807, 2.05) is 42.6 Å². The largest absolute Gasteiger partial charge is 0.496 e. The number of aliphatic imine (C=N–C) groups is 1. The Morgan fingerprint density at radius 1 is 1.34 bits per heavy atom. The molecule has 35 heavy (non-hydrogen) atoms. The molecule has 2 rings (SSSR count). The van der Waals surface area contributed by atoms with Gasteiger partial charge in [0.15, 0.2) is 5.96 Å². The number of nitrogens with two attached hydrogens (primary N) is 1. The molecule has 9 heteroatoms. The second-order valence-electron chi connectivity index (χ2n) is 7.68. The summed E-state index contributed by atoms with van der Waals surface area (Å²) in [5.74, 6) is 2.46. The van der Waals surface area contributed by atoms with Crippen LogP contribution in [0.15, 0.2) is 38.1 Å². The molecule has 198 valence electrons. The lowest BCUT2D eigenvalue weighted by molar-refractivity contribution is -0.127. The van der Waals surface area contributed by atoms with Gasteiger partial charge in [-0.15, -0.1) is 11.8 Å². The molecule has 1 heterocycles. The molecule has 1 aliphatic rings. The highest BCUT2D eigenvalue weighted by molar-refractivity contribution is 9.10. The summed E-state index contributed by atoms with van der Waals surface area (Å²) in [5, 5.41) is 2.25. The Balaban J connectivity index is 0.000000625. The summed E-state index contributed by atoms with van der Waals surface area (Å²) in [4.78, 5) is 28.4. The number of ether oxygens (including phenoxy) is 1. The number of carbonyl (C=O) groups excluding carboxylic acids is 2. The topological polar surface area (TPSA) is 97.0 Å². The summed E-state index contributed by atoms with van der Waals surface area (Å²) in [7, 11) is 1.73. The lowest BCUT2D eigenvalue weighted by Gasteiger charge is -2.13. The third kappa shape index (κ3) is 14.2. The van der Waals surface area contributed by atoms with E-state index in [-0.39, 0.29) is 11.9 Å². The highest BCUT2D eigenvalue weighted by atomic mass is 79.9. The smallest absolute Gasteiger partial charge is 0.222 e. The van der Waals surface area contributed by atoms with Gasteiger partial charge < -0.3 is 15.4 Å². The van der Waals surface area contributed by atoms with Crippen LogP contribution in [0.1, 0.15) is 65.9 Å². The van der Waals surface area contributed by atoms with Gasteiger partial charge in [-0.1, -0.05) is 42.3 Å². The lowest BCUT2D eigenvalue weighted by Crippen LogP contribution is -2.31. The lowest BCUT2D eigenvalue weighted by atomic mass is 10.1. The maximum absolute atomic E-state index is 11.2. The van der Waals surface area contributed by atoms with Gasteiger partial charge in [0, 0.05) is 30.5 Å². The second kappa shape index (κ2) is 20.2. The number of amides is 2. The van der Waals surface area contributed by atoms with Crippen LogP contribution < -0.4 is 15.8 Å². The molecule has 1 aliphatic heterocycles. The summed E-state index contributed by atoms with van der Waals surface area (Å²) in [6.07, 6.45) is 4.99. The van der Waals surface area contributed by atoms with Crippen LogP contribution in [0.2, 0.25) is 0 Å². The highest BCUT2D eigenvalue weighted by Crippen LogP contribution is 2.29. The monoisotopic (exact) mass is 570 g/mol. The Morgan fingerprint density at radius 2 is 2.06 bits per heavy atom. The molecule has 7 nitrogen and oxygen atoms in total. The molecule has 1 aromatic rings. The number of rotatable bonds is 11. The zero-order valence-corrected chi connectivity index (χ0v) is 24.6. The quantitative estimate of drug-likeness (QED) is 0.158. The number of methoxy groups -OCH3 is 1. The molecule has 0 spiro atoms. The Morgan fingerprint density at radius 3 is 2.60 bits per heavy atom. The van der Waals surface area contributed by atoms with Crippen LogP contribution in [0.3, 0.4) is 0 Å². The fraction of sp³-hybridized carbons (Fsp3) is 0.577. The summed E-state index contributed by atoms with van der Waals surface area (Å²) >= 11 is 5.47. The molecule has 0 atom stereocenters. The number of guanidine groups is 1. The van der Waals surface area contributed by atoms with Crippen molar-refractivity contribution < 1.29 is 14.3 Å². The van der Waals surface area contributed by atoms with Gasteiger partial charge in [-0.3, -0.25) is 19.9 Å². The van der Waals surface area contributed by atoms with E-state index in [1.54, 1.807) is 7.11 Å². The van der Waals surface area contributed by atoms with Crippen molar-refractivity contribution in [1.82, 2.24) is 10.2 Å². The molecule has 1 saturated heterocycles. The molecular formula is C26H43BrN4O3S. The van der Waals surface area contributed by atoms with Crippen LogP contribution in [-0.4, -0.2) is 55.7 Å². The molecule has 2 amide bonds. The number of nitrogens with one attached hydrogen (secondary N) is 1. The summed E-state index contributed by atoms with van der Waals surface area (Å²) in [5.41, 5.74) is 8.03. The fourth-order valence-electron chi connectivity index (χ4n) is 3.34. The van der Waals surface area contributed by atoms with E-state index in [1.165, 1.54) is 16.0 Å². The maximum atomic E-state index is 11.2. The van der Waals surface area contributed by atoms with Gasteiger partial charge in [0.2, 0.25) is 12.3 Å². The van der Waals surface area contributed by atoms with Gasteiger partial charge in [-0.05, 0) is 74.0 Å². The number of benzene rings is 1. The van der Waals surface area contributed by atoms with Crippen molar-refractivity contribution in [2.45, 2.75) is 66.7 Å². The first kappa shape index (κ1) is 33.0. The van der Waals surface area contributed by atoms with E-state index >= 15 is 0 Å². The molecule has 0 unspecified atom stereocenters. The van der Waals surface area contributed by atoms with E-state index in [0.29, 0.717) is 19.4 Å². The first-order valence-electron chi connectivity index (χ1n) is 12.2. The van der Waals surface area contributed by atoms with Gasteiger partial charge in [0.25, 0.3) is 0 Å². The number of thioether (sulfide) groups is 1. The second-order valence-corrected chi connectivity index (χ2v) is 9.95. The van der Waals surface area contributed by atoms with Crippen LogP contribution in [0.5, 0.6) is 5.75 Å². The van der Waals surface area contributed by atoms with Crippen molar-refractivity contribution >= 4 is 46.0 Å². The van der Waals surface area contributed by atoms with Crippen molar-refractivity contribution in [1.29, 1.82) is 0 Å². The van der Waals surface area contributed by atoms with Crippen LogP contribution in [-0.2, 0) is 16.0 Å². The molecular weight excluding hydrogens is 528 g/mol. The molecule has 0 aromatic heterocycles. The van der Waals surface area contributed by atoms with Crippen LogP contribution in [0.4, 0.5) is 0 Å². The fourth-order valence-corrected chi connectivity index (χ4v) is 4.63. The molecule has 0 saturated carbocycles. The molecule has 1 fully saturated rings. The van der Waals surface area contributed by atoms with Gasteiger partial charge in [0.05, 0.1) is 7.11 Å². The van der Waals surface area contributed by atoms with Crippen LogP contribution in [0, 0.1) is 0 Å². The Kier molecular flexibility index (Phi) is 19.1. The van der Waals surface area contributed by atoms with Gasteiger partial charge in [-0.25, -0.2) is 0 Å². The van der Waals surface area contributed by atoms with E-state index in [9.17, 15) is 9.59 Å². The minimum atomic E-state index is 0.123. The number of hydrogen-bond donors (Lipinski definition) is 2. The number of nitrogens with zero attached hydrogens (tertiary/aromatic N) is 2. The summed E-state index contributed by atoms with van der Waals surface area (Å²) in [6.45, 7) is 12.7. The molecule has 0 bridgehead atoms. The van der Waals surface area contributed by atoms with Crippen LogP contribution in [0.25, 0.3) is 0 Å². The zero-order valence-electron chi connectivity index (χ0n) is 22.2. The standard InChI is InChI=1S/C15H21BrOS.C9H16N4O2.C2H6/c1-5-18-15(11(2)3)9-6-12-10-13(16)7-8-14(12)17-4;10-9(12-7-14)11-4-2-6-13-5-1-3-8(13)15;1-2/h7-8,10H,5-6,9H2,1-4H3;7H,1-6H2,(H3,10,11,12,14);1-2H3. The van der Waals surface area contributed by atoms with Crippen molar-refractivity contribution in [3.8, 4) is 5.75 Å². The maximum Gasteiger partial charge on any atom is 0.222 e. The minimum absolute atomic E-state index is 0.123. The van der Waals surface area contributed by atoms with Crippen LogP contribution >= 0.6 is 27.7 Å². The Labute approximate surface area is 224 Å².